The van der Waals surface area contributed by atoms with Crippen LogP contribution in [0.4, 0.5) is 0 Å². The SMILES string of the molecule is C.CC(C)(c1ccc(O)cc1)c1ccc(O)cc1.CC(C)=O.O.Oc1ccccc1.[H+]. The first-order valence-electron chi connectivity index (χ1n) is 8.93. The van der Waals surface area contributed by atoms with Crippen LogP contribution in [0.2, 0.25) is 0 Å². The molecule has 0 aliphatic carbocycles. The second kappa shape index (κ2) is 13.8. The lowest BCUT2D eigenvalue weighted by molar-refractivity contribution is -0.115. The average molecular weight is 416 g/mol. The number of benzene rings is 3. The van der Waals surface area contributed by atoms with Gasteiger partial charge in [0.2, 0.25) is 0 Å². The number of hydrogen-bond donors (Lipinski definition) is 3. The minimum absolute atomic E-state index is 0. The van der Waals surface area contributed by atoms with Crippen LogP contribution in [0.5, 0.6) is 17.2 Å². The highest BCUT2D eigenvalue weighted by molar-refractivity contribution is 5.72. The first kappa shape index (κ1) is 28.9. The van der Waals surface area contributed by atoms with Gasteiger partial charge in [-0.2, -0.15) is 0 Å². The molecule has 3 rings (SSSR count). The Balaban J connectivity index is -0.000000473. The number of Topliss-reactive ketones (excluding diaryl/α,β-unsaturated/α-hetero) is 1. The second-order valence-corrected chi connectivity index (χ2v) is 6.96. The molecule has 0 aliphatic heterocycles. The van der Waals surface area contributed by atoms with Crippen molar-refractivity contribution >= 4 is 5.78 Å². The zero-order valence-electron chi connectivity index (χ0n) is 18.3. The molecule has 0 saturated heterocycles. The Kier molecular flexibility index (Phi) is 13.3. The van der Waals surface area contributed by atoms with Gasteiger partial charge in [-0.15, -0.1) is 0 Å². The fourth-order valence-corrected chi connectivity index (χ4v) is 2.35. The zero-order valence-corrected chi connectivity index (χ0v) is 17.3. The maximum absolute atomic E-state index is 9.44. The van der Waals surface area contributed by atoms with Crippen LogP contribution < -0.4 is 0 Å². The number of phenolic OH excluding ortho intramolecular Hbond substituents is 3. The van der Waals surface area contributed by atoms with E-state index in [0.29, 0.717) is 5.75 Å². The molecule has 0 spiro atoms. The van der Waals surface area contributed by atoms with Crippen molar-refractivity contribution in [1.29, 1.82) is 0 Å². The van der Waals surface area contributed by atoms with Crippen molar-refractivity contribution in [2.75, 3.05) is 0 Å². The highest BCUT2D eigenvalue weighted by atomic mass is 16.3. The molecule has 30 heavy (non-hydrogen) atoms. The molecule has 164 valence electrons. The van der Waals surface area contributed by atoms with Gasteiger partial charge in [0.1, 0.15) is 23.0 Å². The van der Waals surface area contributed by atoms with Gasteiger partial charge in [-0.3, -0.25) is 0 Å². The number of ketones is 1. The summed E-state index contributed by atoms with van der Waals surface area (Å²) in [4.78, 5) is 9.44. The molecule has 5 N–H and O–H groups in total. The lowest BCUT2D eigenvalue weighted by atomic mass is 9.78. The molecule has 0 aromatic heterocycles. The molecule has 3 aromatic rings. The predicted molar refractivity (Wildman–Crippen MR) is 124 cm³/mol. The van der Waals surface area contributed by atoms with Gasteiger partial charge in [0.25, 0.3) is 0 Å². The quantitative estimate of drug-likeness (QED) is 0.525. The Labute approximate surface area is 181 Å². The van der Waals surface area contributed by atoms with E-state index in [0.717, 1.165) is 11.1 Å². The Morgan fingerprint density at radius 1 is 0.667 bits per heavy atom. The Morgan fingerprint density at radius 3 is 1.17 bits per heavy atom. The second-order valence-electron chi connectivity index (χ2n) is 6.96. The van der Waals surface area contributed by atoms with Crippen molar-refractivity contribution in [3.8, 4) is 17.2 Å². The Bertz CT molecular complexity index is 794. The summed E-state index contributed by atoms with van der Waals surface area (Å²) >= 11 is 0. The Morgan fingerprint density at radius 2 is 0.933 bits per heavy atom. The normalized spacial score (nSPS) is 9.33. The number of hydrogen-bond acceptors (Lipinski definition) is 4. The van der Waals surface area contributed by atoms with E-state index in [1.165, 1.54) is 13.8 Å². The number of aromatic hydroxyl groups is 3. The van der Waals surface area contributed by atoms with Gasteiger partial charge < -0.3 is 25.6 Å². The van der Waals surface area contributed by atoms with Crippen molar-refractivity contribution in [3.05, 3.63) is 90.0 Å². The first-order chi connectivity index (χ1) is 13.1. The summed E-state index contributed by atoms with van der Waals surface area (Å²) in [6.45, 7) is 7.29. The van der Waals surface area contributed by atoms with Gasteiger partial charge in [-0.05, 0) is 61.4 Å². The molecule has 0 amide bonds. The minimum Gasteiger partial charge on any atom is -0.508 e. The molecule has 5 heteroatoms. The fourth-order valence-electron chi connectivity index (χ4n) is 2.35. The maximum atomic E-state index is 9.44. The molecule has 3 aromatic carbocycles. The average Bonchev–Trinajstić information content (AvgIpc) is 2.63. The summed E-state index contributed by atoms with van der Waals surface area (Å²) in [7, 11) is 0. The summed E-state index contributed by atoms with van der Waals surface area (Å²) in [6, 6.07) is 23.2. The first-order valence-corrected chi connectivity index (χ1v) is 8.93. The van der Waals surface area contributed by atoms with Gasteiger partial charge >= 0.3 is 1.43 Å². The lowest BCUT2D eigenvalue weighted by Gasteiger charge is -2.26. The van der Waals surface area contributed by atoms with Crippen LogP contribution in [0.15, 0.2) is 78.9 Å². The van der Waals surface area contributed by atoms with E-state index in [-0.39, 0.29) is 37.0 Å². The van der Waals surface area contributed by atoms with Crippen molar-refractivity contribution in [1.82, 2.24) is 0 Å². The van der Waals surface area contributed by atoms with E-state index < -0.39 is 0 Å². The molecule has 0 bridgehead atoms. The van der Waals surface area contributed by atoms with Gasteiger partial charge in [-0.1, -0.05) is 63.7 Å². The lowest BCUT2D eigenvalue weighted by Crippen LogP contribution is -2.18. The summed E-state index contributed by atoms with van der Waals surface area (Å²) in [5, 5.41) is 27.2. The van der Waals surface area contributed by atoms with Crippen molar-refractivity contribution in [2.45, 2.75) is 40.5 Å². The number of phenols is 3. The van der Waals surface area contributed by atoms with E-state index in [9.17, 15) is 15.0 Å². The van der Waals surface area contributed by atoms with Gasteiger partial charge in [0.05, 0.1) is 0 Å². The standard InChI is InChI=1S/C15H16O2.C6H6O.C3H6O.CH4.H2O/c1-15(2,11-3-7-13(16)8-4-11)12-5-9-14(17)10-6-12;7-6-4-2-1-3-5-6;1-3(2)4;;/h3-10,16-17H,1-2H3;1-5,7H;1-2H3;1H4;1H2/p+1. The molecule has 0 saturated carbocycles. The predicted octanol–water partition coefficient (Wildman–Crippen LogP) is 5.34. The maximum Gasteiger partial charge on any atom is 1.00 e. The number of carbonyl (C=O) groups is 1. The van der Waals surface area contributed by atoms with E-state index >= 15 is 0 Å². The fraction of sp³-hybridized carbons (Fsp3) is 0.240. The van der Waals surface area contributed by atoms with E-state index in [1.54, 1.807) is 48.5 Å². The van der Waals surface area contributed by atoms with Gasteiger partial charge in [0.15, 0.2) is 0 Å². The molecule has 0 aliphatic rings. The molecule has 5 nitrogen and oxygen atoms in total. The van der Waals surface area contributed by atoms with E-state index in [1.807, 2.05) is 30.3 Å². The molecular formula is C25H35O5+. The topological polar surface area (TPSA) is 109 Å². The molecule has 0 unspecified atom stereocenters. The van der Waals surface area contributed by atoms with Crippen LogP contribution in [0.3, 0.4) is 0 Å². The van der Waals surface area contributed by atoms with E-state index in [4.69, 9.17) is 5.11 Å². The summed E-state index contributed by atoms with van der Waals surface area (Å²) in [6.07, 6.45) is 0. The molecule has 0 fully saturated rings. The van der Waals surface area contributed by atoms with E-state index in [2.05, 4.69) is 13.8 Å². The minimum atomic E-state index is -0.151. The molecule has 0 heterocycles. The third-order valence-corrected chi connectivity index (χ3v) is 3.93. The highest BCUT2D eigenvalue weighted by Gasteiger charge is 2.22. The molecule has 0 radical (unpaired) electrons. The third kappa shape index (κ3) is 10.3. The van der Waals surface area contributed by atoms with Gasteiger partial charge in [0, 0.05) is 5.41 Å². The van der Waals surface area contributed by atoms with Crippen LogP contribution in [0.1, 0.15) is 47.7 Å². The molecule has 0 atom stereocenters. The Hall–Kier alpha value is -3.31. The summed E-state index contributed by atoms with van der Waals surface area (Å²) < 4.78 is 0. The highest BCUT2D eigenvalue weighted by Crippen LogP contribution is 2.32. The largest absolute Gasteiger partial charge is 1.00 e. The smallest absolute Gasteiger partial charge is 0.508 e. The van der Waals surface area contributed by atoms with Crippen molar-refractivity contribution in [3.63, 3.8) is 0 Å². The van der Waals surface area contributed by atoms with Gasteiger partial charge in [-0.25, -0.2) is 0 Å². The molecular weight excluding hydrogens is 380 g/mol. The van der Waals surface area contributed by atoms with Crippen LogP contribution in [-0.4, -0.2) is 26.6 Å². The van der Waals surface area contributed by atoms with Crippen molar-refractivity contribution < 1.29 is 27.0 Å². The number of para-hydroxylation sites is 1. The van der Waals surface area contributed by atoms with Crippen LogP contribution in [0.25, 0.3) is 0 Å². The monoisotopic (exact) mass is 415 g/mol. The van der Waals surface area contributed by atoms with Crippen LogP contribution >= 0.6 is 0 Å². The van der Waals surface area contributed by atoms with Crippen molar-refractivity contribution in [2.24, 2.45) is 0 Å². The summed E-state index contributed by atoms with van der Waals surface area (Å²) in [5.41, 5.74) is 2.10. The van der Waals surface area contributed by atoms with Crippen LogP contribution in [0, 0.1) is 0 Å². The summed E-state index contributed by atoms with van der Waals surface area (Å²) in [5.74, 6) is 1.04. The number of rotatable bonds is 2. The zero-order chi connectivity index (χ0) is 21.2. The van der Waals surface area contributed by atoms with Crippen LogP contribution in [-0.2, 0) is 10.2 Å². The third-order valence-electron chi connectivity index (χ3n) is 3.93. The number of carbonyl (C=O) groups excluding carboxylic acids is 1.